The van der Waals surface area contributed by atoms with Crippen molar-refractivity contribution in [3.63, 3.8) is 0 Å². The summed E-state index contributed by atoms with van der Waals surface area (Å²) in [6.07, 6.45) is 2.82. The van der Waals surface area contributed by atoms with E-state index < -0.39 is 0 Å². The van der Waals surface area contributed by atoms with Gasteiger partial charge in [0.2, 0.25) is 0 Å². The first-order valence-electron chi connectivity index (χ1n) is 6.83. The number of aromatic nitrogens is 3. The molecule has 0 saturated carbocycles. The predicted octanol–water partition coefficient (Wildman–Crippen LogP) is 3.68. The van der Waals surface area contributed by atoms with Crippen molar-refractivity contribution in [2.45, 2.75) is 26.8 Å². The Morgan fingerprint density at radius 1 is 1.24 bits per heavy atom. The number of nitrogens with zero attached hydrogens (tertiary/aromatic N) is 3. The van der Waals surface area contributed by atoms with Crippen molar-refractivity contribution in [1.29, 1.82) is 0 Å². The zero-order valence-corrected chi connectivity index (χ0v) is 12.8. The van der Waals surface area contributed by atoms with Crippen LogP contribution in [0.1, 0.15) is 22.5 Å². The van der Waals surface area contributed by atoms with Gasteiger partial charge in [-0.1, -0.05) is 12.1 Å². The predicted molar refractivity (Wildman–Crippen MR) is 83.3 cm³/mol. The standard InChI is InChI=1S/C15H16N4OS/c1-3-11-6-7-12(21-11)9-17-14-13(5-4-8-16-14)15-18-10(2)19-20-15/h4-8H,3,9H2,1-2H3,(H,16,17). The molecule has 5 nitrogen and oxygen atoms in total. The van der Waals surface area contributed by atoms with Crippen molar-refractivity contribution in [2.24, 2.45) is 0 Å². The van der Waals surface area contributed by atoms with Crippen LogP contribution in [0.2, 0.25) is 0 Å². The maximum atomic E-state index is 5.23. The summed E-state index contributed by atoms with van der Waals surface area (Å²) in [6, 6.07) is 8.10. The lowest BCUT2D eigenvalue weighted by Gasteiger charge is -2.07. The van der Waals surface area contributed by atoms with Crippen LogP contribution < -0.4 is 5.32 Å². The first-order chi connectivity index (χ1) is 10.3. The van der Waals surface area contributed by atoms with Gasteiger partial charge in [0.1, 0.15) is 5.82 Å². The fourth-order valence-electron chi connectivity index (χ4n) is 2.00. The molecule has 0 amide bonds. The van der Waals surface area contributed by atoms with Crippen LogP contribution in [-0.4, -0.2) is 15.1 Å². The van der Waals surface area contributed by atoms with Gasteiger partial charge in [0.05, 0.1) is 12.1 Å². The largest absolute Gasteiger partial charge is 0.365 e. The molecule has 0 aromatic carbocycles. The molecule has 0 fully saturated rings. The van der Waals surface area contributed by atoms with E-state index in [4.69, 9.17) is 4.52 Å². The third-order valence-electron chi connectivity index (χ3n) is 3.06. The molecule has 0 aliphatic carbocycles. The Labute approximate surface area is 127 Å². The lowest BCUT2D eigenvalue weighted by atomic mass is 10.2. The molecule has 1 N–H and O–H groups in total. The zero-order chi connectivity index (χ0) is 14.7. The van der Waals surface area contributed by atoms with Crippen LogP contribution in [0.5, 0.6) is 0 Å². The summed E-state index contributed by atoms with van der Waals surface area (Å²) in [5.41, 5.74) is 0.824. The highest BCUT2D eigenvalue weighted by Gasteiger charge is 2.12. The molecular formula is C15H16N4OS. The van der Waals surface area contributed by atoms with E-state index >= 15 is 0 Å². The molecule has 0 spiro atoms. The average molecular weight is 300 g/mol. The molecule has 3 aromatic heterocycles. The zero-order valence-electron chi connectivity index (χ0n) is 12.0. The summed E-state index contributed by atoms with van der Waals surface area (Å²) < 4.78 is 5.23. The summed E-state index contributed by atoms with van der Waals surface area (Å²) in [5, 5.41) is 7.17. The second kappa shape index (κ2) is 6.05. The number of anilines is 1. The van der Waals surface area contributed by atoms with E-state index in [1.54, 1.807) is 13.1 Å². The Hall–Kier alpha value is -2.21. The smallest absolute Gasteiger partial charge is 0.261 e. The highest BCUT2D eigenvalue weighted by atomic mass is 32.1. The van der Waals surface area contributed by atoms with E-state index in [1.165, 1.54) is 9.75 Å². The van der Waals surface area contributed by atoms with Crippen LogP contribution in [-0.2, 0) is 13.0 Å². The molecule has 3 heterocycles. The molecule has 3 aromatic rings. The third-order valence-corrected chi connectivity index (χ3v) is 4.29. The van der Waals surface area contributed by atoms with Gasteiger partial charge in [-0.25, -0.2) is 4.98 Å². The second-order valence-electron chi connectivity index (χ2n) is 4.62. The Kier molecular flexibility index (Phi) is 3.96. The molecule has 0 aliphatic heterocycles. The Morgan fingerprint density at radius 3 is 2.81 bits per heavy atom. The van der Waals surface area contributed by atoms with E-state index in [-0.39, 0.29) is 0 Å². The number of hydrogen-bond acceptors (Lipinski definition) is 6. The SMILES string of the molecule is CCc1ccc(CNc2ncccc2-c2nc(C)no2)s1. The monoisotopic (exact) mass is 300 g/mol. The Morgan fingerprint density at radius 2 is 2.10 bits per heavy atom. The van der Waals surface area contributed by atoms with Gasteiger partial charge in [-0.3, -0.25) is 0 Å². The van der Waals surface area contributed by atoms with Gasteiger partial charge in [-0.05, 0) is 37.6 Å². The van der Waals surface area contributed by atoms with Gasteiger partial charge in [0.25, 0.3) is 5.89 Å². The molecule has 6 heteroatoms. The van der Waals surface area contributed by atoms with Crippen LogP contribution in [0.25, 0.3) is 11.5 Å². The first-order valence-corrected chi connectivity index (χ1v) is 7.65. The summed E-state index contributed by atoms with van der Waals surface area (Å²) in [7, 11) is 0. The van der Waals surface area contributed by atoms with Crippen molar-refractivity contribution in [2.75, 3.05) is 5.32 Å². The molecule has 0 aliphatic rings. The van der Waals surface area contributed by atoms with Crippen molar-refractivity contribution >= 4 is 17.2 Å². The van der Waals surface area contributed by atoms with Crippen molar-refractivity contribution in [1.82, 2.24) is 15.1 Å². The van der Waals surface area contributed by atoms with Crippen molar-refractivity contribution in [3.8, 4) is 11.5 Å². The van der Waals surface area contributed by atoms with Crippen molar-refractivity contribution < 1.29 is 4.52 Å². The number of pyridine rings is 1. The van der Waals surface area contributed by atoms with Crippen LogP contribution in [0, 0.1) is 6.92 Å². The molecule has 108 valence electrons. The average Bonchev–Trinajstić information content (AvgIpc) is 3.14. The van der Waals surface area contributed by atoms with E-state index in [0.29, 0.717) is 11.7 Å². The maximum absolute atomic E-state index is 5.23. The van der Waals surface area contributed by atoms with E-state index in [9.17, 15) is 0 Å². The van der Waals surface area contributed by atoms with Crippen LogP contribution >= 0.6 is 11.3 Å². The van der Waals surface area contributed by atoms with Crippen LogP contribution in [0.15, 0.2) is 35.0 Å². The molecule has 0 unspecified atom stereocenters. The normalized spacial score (nSPS) is 10.8. The summed E-state index contributed by atoms with van der Waals surface area (Å²) in [5.74, 6) is 1.86. The lowest BCUT2D eigenvalue weighted by Crippen LogP contribution is -2.01. The van der Waals surface area contributed by atoms with Crippen LogP contribution in [0.4, 0.5) is 5.82 Å². The van der Waals surface area contributed by atoms with E-state index in [0.717, 1.165) is 24.3 Å². The Balaban J connectivity index is 1.79. The molecule has 0 bridgehead atoms. The topological polar surface area (TPSA) is 63.8 Å². The fraction of sp³-hybridized carbons (Fsp3) is 0.267. The summed E-state index contributed by atoms with van der Waals surface area (Å²) in [6.45, 7) is 4.70. The molecule has 0 atom stereocenters. The third kappa shape index (κ3) is 3.11. The van der Waals surface area contributed by atoms with Gasteiger partial charge in [0.15, 0.2) is 5.82 Å². The number of thiophene rings is 1. The van der Waals surface area contributed by atoms with Crippen LogP contribution in [0.3, 0.4) is 0 Å². The lowest BCUT2D eigenvalue weighted by molar-refractivity contribution is 0.425. The minimum absolute atomic E-state index is 0.489. The number of rotatable bonds is 5. The van der Waals surface area contributed by atoms with Gasteiger partial charge in [-0.15, -0.1) is 11.3 Å². The minimum Gasteiger partial charge on any atom is -0.365 e. The second-order valence-corrected chi connectivity index (χ2v) is 5.87. The maximum Gasteiger partial charge on any atom is 0.261 e. The van der Waals surface area contributed by atoms with E-state index in [1.807, 2.05) is 23.5 Å². The van der Waals surface area contributed by atoms with Gasteiger partial charge in [0, 0.05) is 16.0 Å². The molecule has 3 rings (SSSR count). The number of hydrogen-bond donors (Lipinski definition) is 1. The summed E-state index contributed by atoms with van der Waals surface area (Å²) >= 11 is 1.82. The van der Waals surface area contributed by atoms with Gasteiger partial charge >= 0.3 is 0 Å². The van der Waals surface area contributed by atoms with Crippen molar-refractivity contribution in [3.05, 3.63) is 46.0 Å². The molecule has 0 saturated heterocycles. The minimum atomic E-state index is 0.489. The fourth-order valence-corrected chi connectivity index (χ4v) is 2.90. The highest BCUT2D eigenvalue weighted by Crippen LogP contribution is 2.25. The number of aryl methyl sites for hydroxylation is 2. The highest BCUT2D eigenvalue weighted by molar-refractivity contribution is 7.12. The van der Waals surface area contributed by atoms with Gasteiger partial charge < -0.3 is 9.84 Å². The quantitative estimate of drug-likeness (QED) is 0.778. The Bertz CT molecular complexity index is 735. The number of nitrogens with one attached hydrogen (secondary N) is 1. The molecular weight excluding hydrogens is 284 g/mol. The molecule has 21 heavy (non-hydrogen) atoms. The first kappa shape index (κ1) is 13.8. The molecule has 0 radical (unpaired) electrons. The summed E-state index contributed by atoms with van der Waals surface area (Å²) in [4.78, 5) is 11.3. The van der Waals surface area contributed by atoms with Gasteiger partial charge in [-0.2, -0.15) is 4.98 Å². The van der Waals surface area contributed by atoms with E-state index in [2.05, 4.69) is 39.5 Å².